The molecule has 0 aromatic heterocycles. The smallest absolute Gasteiger partial charge is 0.0106 e. The molecule has 0 saturated heterocycles. The van der Waals surface area contributed by atoms with E-state index in [1.807, 2.05) is 0 Å². The molecule has 1 aliphatic rings. The van der Waals surface area contributed by atoms with E-state index in [4.69, 9.17) is 0 Å². The van der Waals surface area contributed by atoms with E-state index in [2.05, 4.69) is 63.3 Å². The summed E-state index contributed by atoms with van der Waals surface area (Å²) in [5, 5.41) is 3.79. The van der Waals surface area contributed by atoms with Crippen molar-refractivity contribution in [2.75, 3.05) is 6.54 Å². The number of rotatable bonds is 6. The Morgan fingerprint density at radius 2 is 1.89 bits per heavy atom. The van der Waals surface area contributed by atoms with Crippen LogP contribution in [0.1, 0.15) is 58.4 Å². The van der Waals surface area contributed by atoms with Gasteiger partial charge in [0.2, 0.25) is 0 Å². The number of hydrogen-bond acceptors (Lipinski definition) is 1. The van der Waals surface area contributed by atoms with E-state index in [0.717, 1.165) is 18.4 Å². The quantitative estimate of drug-likeness (QED) is 0.787. The van der Waals surface area contributed by atoms with Crippen LogP contribution in [-0.4, -0.2) is 12.6 Å². The van der Waals surface area contributed by atoms with E-state index < -0.39 is 0 Å². The Kier molecular flexibility index (Phi) is 4.67. The number of benzene rings is 1. The van der Waals surface area contributed by atoms with Crippen molar-refractivity contribution in [1.29, 1.82) is 0 Å². The Labute approximate surface area is 118 Å². The molecule has 0 spiro atoms. The Morgan fingerprint density at radius 3 is 2.47 bits per heavy atom. The Bertz CT molecular complexity index is 376. The van der Waals surface area contributed by atoms with Crippen LogP contribution < -0.4 is 5.32 Å². The van der Waals surface area contributed by atoms with Crippen molar-refractivity contribution in [3.63, 3.8) is 0 Å². The molecule has 1 aromatic carbocycles. The van der Waals surface area contributed by atoms with Gasteiger partial charge in [-0.15, -0.1) is 0 Å². The van der Waals surface area contributed by atoms with E-state index in [1.54, 1.807) is 0 Å². The molecule has 0 bridgehead atoms. The van der Waals surface area contributed by atoms with Crippen molar-refractivity contribution in [3.05, 3.63) is 35.9 Å². The molecule has 0 radical (unpaired) electrons. The van der Waals surface area contributed by atoms with Crippen LogP contribution in [0.15, 0.2) is 30.3 Å². The minimum Gasteiger partial charge on any atom is -0.314 e. The molecule has 0 amide bonds. The lowest BCUT2D eigenvalue weighted by atomic mass is 9.85. The molecule has 1 nitrogen and oxygen atoms in total. The van der Waals surface area contributed by atoms with Gasteiger partial charge in [-0.2, -0.15) is 0 Å². The predicted octanol–water partition coefficient (Wildman–Crippen LogP) is 4.59. The summed E-state index contributed by atoms with van der Waals surface area (Å²) >= 11 is 0. The third-order valence-electron chi connectivity index (χ3n) is 4.07. The molecule has 2 rings (SSSR count). The first kappa shape index (κ1) is 14.6. The Balaban J connectivity index is 1.97. The van der Waals surface area contributed by atoms with Gasteiger partial charge >= 0.3 is 0 Å². The van der Waals surface area contributed by atoms with Crippen molar-refractivity contribution in [2.24, 2.45) is 11.3 Å². The monoisotopic (exact) mass is 259 g/mol. The normalized spacial score (nSPS) is 24.2. The molecule has 0 heterocycles. The average Bonchev–Trinajstić information content (AvgIpc) is 3.14. The molecule has 1 heteroatoms. The highest BCUT2D eigenvalue weighted by atomic mass is 14.9. The maximum Gasteiger partial charge on any atom is 0.0106 e. The zero-order valence-electron chi connectivity index (χ0n) is 12.9. The first-order chi connectivity index (χ1) is 9.01. The summed E-state index contributed by atoms with van der Waals surface area (Å²) in [5.74, 6) is 1.63. The largest absolute Gasteiger partial charge is 0.314 e. The van der Waals surface area contributed by atoms with Crippen LogP contribution in [0.3, 0.4) is 0 Å². The SMILES string of the molecule is CCCNC(CC(C)(C)C)C1CC1c1ccccc1. The zero-order valence-corrected chi connectivity index (χ0v) is 12.9. The van der Waals surface area contributed by atoms with Crippen LogP contribution in [0.4, 0.5) is 0 Å². The van der Waals surface area contributed by atoms with Crippen LogP contribution in [0.5, 0.6) is 0 Å². The first-order valence-electron chi connectivity index (χ1n) is 7.79. The van der Waals surface area contributed by atoms with Crippen LogP contribution in [0.25, 0.3) is 0 Å². The summed E-state index contributed by atoms with van der Waals surface area (Å²) in [6.07, 6.45) is 3.87. The average molecular weight is 259 g/mol. The van der Waals surface area contributed by atoms with Gasteiger partial charge in [-0.3, -0.25) is 0 Å². The number of nitrogens with one attached hydrogen (secondary N) is 1. The highest BCUT2D eigenvalue weighted by molar-refractivity contribution is 5.26. The summed E-state index contributed by atoms with van der Waals surface area (Å²) < 4.78 is 0. The molecule has 1 saturated carbocycles. The molecule has 1 aliphatic carbocycles. The standard InChI is InChI=1S/C18H29N/c1-5-11-19-17(13-18(2,3)4)16-12-15(16)14-9-7-6-8-10-14/h6-10,15-17,19H,5,11-13H2,1-4H3. The van der Waals surface area contributed by atoms with Crippen LogP contribution in [-0.2, 0) is 0 Å². The Morgan fingerprint density at radius 1 is 1.21 bits per heavy atom. The van der Waals surface area contributed by atoms with Gasteiger partial charge in [0, 0.05) is 6.04 Å². The maximum absolute atomic E-state index is 3.79. The molecule has 3 atom stereocenters. The molecule has 106 valence electrons. The van der Waals surface area contributed by atoms with E-state index in [-0.39, 0.29) is 0 Å². The second kappa shape index (κ2) is 6.09. The molecule has 1 aromatic rings. The highest BCUT2D eigenvalue weighted by Crippen LogP contribution is 2.51. The molecule has 19 heavy (non-hydrogen) atoms. The van der Waals surface area contributed by atoms with Gasteiger partial charge in [-0.05, 0) is 48.6 Å². The number of hydrogen-bond donors (Lipinski definition) is 1. The van der Waals surface area contributed by atoms with E-state index >= 15 is 0 Å². The molecular weight excluding hydrogens is 230 g/mol. The Hall–Kier alpha value is -0.820. The predicted molar refractivity (Wildman–Crippen MR) is 83.4 cm³/mol. The zero-order chi connectivity index (χ0) is 13.9. The van der Waals surface area contributed by atoms with Crippen molar-refractivity contribution in [1.82, 2.24) is 5.32 Å². The molecule has 1 fully saturated rings. The second-order valence-corrected chi connectivity index (χ2v) is 7.24. The first-order valence-corrected chi connectivity index (χ1v) is 7.79. The lowest BCUT2D eigenvalue weighted by Gasteiger charge is -2.27. The molecule has 3 unspecified atom stereocenters. The summed E-state index contributed by atoms with van der Waals surface area (Å²) in [4.78, 5) is 0. The van der Waals surface area contributed by atoms with Gasteiger partial charge in [0.05, 0.1) is 0 Å². The van der Waals surface area contributed by atoms with Gasteiger partial charge in [0.15, 0.2) is 0 Å². The maximum atomic E-state index is 3.79. The van der Waals surface area contributed by atoms with Crippen LogP contribution in [0, 0.1) is 11.3 Å². The van der Waals surface area contributed by atoms with Crippen LogP contribution >= 0.6 is 0 Å². The van der Waals surface area contributed by atoms with Crippen molar-refractivity contribution in [2.45, 2.75) is 58.9 Å². The fourth-order valence-electron chi connectivity index (χ4n) is 3.11. The van der Waals surface area contributed by atoms with E-state index in [0.29, 0.717) is 11.5 Å². The fourth-order valence-corrected chi connectivity index (χ4v) is 3.11. The summed E-state index contributed by atoms with van der Waals surface area (Å²) in [6.45, 7) is 10.5. The fraction of sp³-hybridized carbons (Fsp3) is 0.667. The van der Waals surface area contributed by atoms with Gasteiger partial charge in [-0.25, -0.2) is 0 Å². The second-order valence-electron chi connectivity index (χ2n) is 7.24. The highest BCUT2D eigenvalue weighted by Gasteiger charge is 2.44. The minimum atomic E-state index is 0.412. The third-order valence-corrected chi connectivity index (χ3v) is 4.07. The van der Waals surface area contributed by atoms with Crippen molar-refractivity contribution < 1.29 is 0 Å². The van der Waals surface area contributed by atoms with Crippen molar-refractivity contribution >= 4 is 0 Å². The lowest BCUT2D eigenvalue weighted by Crippen LogP contribution is -2.35. The molecule has 0 aliphatic heterocycles. The van der Waals surface area contributed by atoms with Gasteiger partial charge in [-0.1, -0.05) is 58.0 Å². The lowest BCUT2D eigenvalue weighted by molar-refractivity contribution is 0.287. The van der Waals surface area contributed by atoms with Gasteiger partial charge < -0.3 is 5.32 Å². The topological polar surface area (TPSA) is 12.0 Å². The summed E-state index contributed by atoms with van der Waals surface area (Å²) in [5.41, 5.74) is 1.94. The molecule has 1 N–H and O–H groups in total. The van der Waals surface area contributed by atoms with Crippen molar-refractivity contribution in [3.8, 4) is 0 Å². The van der Waals surface area contributed by atoms with Gasteiger partial charge in [0.25, 0.3) is 0 Å². The summed E-state index contributed by atoms with van der Waals surface area (Å²) in [7, 11) is 0. The van der Waals surface area contributed by atoms with E-state index in [1.165, 1.54) is 24.8 Å². The third kappa shape index (κ3) is 4.35. The van der Waals surface area contributed by atoms with Crippen LogP contribution in [0.2, 0.25) is 0 Å². The molecular formula is C18H29N. The minimum absolute atomic E-state index is 0.412. The van der Waals surface area contributed by atoms with E-state index in [9.17, 15) is 0 Å². The van der Waals surface area contributed by atoms with Gasteiger partial charge in [0.1, 0.15) is 0 Å². The summed E-state index contributed by atoms with van der Waals surface area (Å²) in [6, 6.07) is 11.7.